The molecule has 0 aromatic carbocycles. The lowest BCUT2D eigenvalue weighted by Crippen LogP contribution is -2.51. The number of hydrogen-bond donors (Lipinski definition) is 2. The van der Waals surface area contributed by atoms with Gasteiger partial charge in [-0.2, -0.15) is 0 Å². The highest BCUT2D eigenvalue weighted by atomic mass is 16.5. The Morgan fingerprint density at radius 1 is 1.22 bits per heavy atom. The van der Waals surface area contributed by atoms with Gasteiger partial charge in [0.2, 0.25) is 0 Å². The van der Waals surface area contributed by atoms with Crippen molar-refractivity contribution >= 4 is 5.97 Å². The fraction of sp³-hybridized carbons (Fsp3) is 0.929. The summed E-state index contributed by atoms with van der Waals surface area (Å²) in [7, 11) is 0. The van der Waals surface area contributed by atoms with Crippen LogP contribution in [0.15, 0.2) is 0 Å². The van der Waals surface area contributed by atoms with E-state index in [1.54, 1.807) is 0 Å². The quantitative estimate of drug-likeness (QED) is 0.684. The second-order valence-corrected chi connectivity index (χ2v) is 5.92. The molecule has 2 unspecified atom stereocenters. The van der Waals surface area contributed by atoms with Gasteiger partial charge in [-0.3, -0.25) is 4.79 Å². The minimum absolute atomic E-state index is 0.0821. The highest BCUT2D eigenvalue weighted by molar-refractivity contribution is 5.79. The molecule has 3 N–H and O–H groups in total. The number of aliphatic carboxylic acids is 1. The van der Waals surface area contributed by atoms with E-state index in [2.05, 4.69) is 0 Å². The maximum Gasteiger partial charge on any atom is 0.323 e. The van der Waals surface area contributed by atoms with Crippen molar-refractivity contribution in [1.29, 1.82) is 0 Å². The predicted octanol–water partition coefficient (Wildman–Crippen LogP) is 2.17. The normalized spacial score (nSPS) is 32.4. The molecule has 0 aromatic rings. The summed E-state index contributed by atoms with van der Waals surface area (Å²) in [6, 6.07) is 0. The summed E-state index contributed by atoms with van der Waals surface area (Å²) in [6.45, 7) is 1.48. The first-order valence-corrected chi connectivity index (χ1v) is 7.23. The maximum absolute atomic E-state index is 11.2. The third-order valence-corrected chi connectivity index (χ3v) is 4.78. The fourth-order valence-electron chi connectivity index (χ4n) is 3.15. The van der Waals surface area contributed by atoms with Crippen LogP contribution < -0.4 is 5.73 Å². The van der Waals surface area contributed by atoms with E-state index in [0.29, 0.717) is 13.0 Å². The van der Waals surface area contributed by atoms with Crippen LogP contribution in [0.5, 0.6) is 0 Å². The van der Waals surface area contributed by atoms with Crippen LogP contribution in [-0.2, 0) is 9.53 Å². The van der Waals surface area contributed by atoms with Crippen LogP contribution in [0.25, 0.3) is 0 Å². The lowest BCUT2D eigenvalue weighted by atomic mass is 9.83. The Labute approximate surface area is 109 Å². The number of hydrogen-bond acceptors (Lipinski definition) is 3. The first-order chi connectivity index (χ1) is 8.63. The van der Waals surface area contributed by atoms with Gasteiger partial charge in [0.25, 0.3) is 0 Å². The average Bonchev–Trinajstić information content (AvgIpc) is 2.64. The molecular formula is C14H25NO3. The molecule has 18 heavy (non-hydrogen) atoms. The smallest absolute Gasteiger partial charge is 0.323 e. The summed E-state index contributed by atoms with van der Waals surface area (Å²) in [5.41, 5.74) is 4.98. The Hall–Kier alpha value is -0.610. The van der Waals surface area contributed by atoms with Crippen molar-refractivity contribution < 1.29 is 14.6 Å². The average molecular weight is 255 g/mol. The van der Waals surface area contributed by atoms with Crippen LogP contribution in [0.3, 0.4) is 0 Å². The molecule has 2 atom stereocenters. The zero-order chi connectivity index (χ0) is 13.0. The minimum atomic E-state index is -1.00. The molecule has 2 fully saturated rings. The molecule has 0 spiro atoms. The molecule has 2 aliphatic rings. The first-order valence-electron chi connectivity index (χ1n) is 7.23. The SMILES string of the molecule is NC1(C(=O)O)CCCC1CCOCCC1CCC1. The highest BCUT2D eigenvalue weighted by Gasteiger charge is 2.45. The summed E-state index contributed by atoms with van der Waals surface area (Å²) in [4.78, 5) is 11.2. The van der Waals surface area contributed by atoms with Gasteiger partial charge in [-0.05, 0) is 37.5 Å². The second kappa shape index (κ2) is 6.02. The molecule has 0 saturated heterocycles. The van der Waals surface area contributed by atoms with Crippen molar-refractivity contribution in [3.63, 3.8) is 0 Å². The van der Waals surface area contributed by atoms with Crippen LogP contribution in [0.4, 0.5) is 0 Å². The molecule has 0 aliphatic heterocycles. The number of rotatable bonds is 7. The first kappa shape index (κ1) is 13.8. The van der Waals surface area contributed by atoms with Crippen molar-refractivity contribution in [2.24, 2.45) is 17.6 Å². The number of nitrogens with two attached hydrogens (primary N) is 1. The van der Waals surface area contributed by atoms with E-state index in [-0.39, 0.29) is 5.92 Å². The van der Waals surface area contributed by atoms with Gasteiger partial charge < -0.3 is 15.6 Å². The number of carboxylic acids is 1. The van der Waals surface area contributed by atoms with Crippen molar-refractivity contribution in [3.05, 3.63) is 0 Å². The molecular weight excluding hydrogens is 230 g/mol. The zero-order valence-corrected chi connectivity index (χ0v) is 11.1. The standard InChI is InChI=1S/C14H25NO3/c15-14(13(16)17)8-2-5-12(14)7-10-18-9-6-11-3-1-4-11/h11-12H,1-10,15H2,(H,16,17). The van der Waals surface area contributed by atoms with Gasteiger partial charge in [0.15, 0.2) is 0 Å². The molecule has 2 saturated carbocycles. The van der Waals surface area contributed by atoms with Gasteiger partial charge >= 0.3 is 5.97 Å². The fourth-order valence-corrected chi connectivity index (χ4v) is 3.15. The van der Waals surface area contributed by atoms with Gasteiger partial charge in [-0.25, -0.2) is 0 Å². The van der Waals surface area contributed by atoms with E-state index in [4.69, 9.17) is 10.5 Å². The van der Waals surface area contributed by atoms with E-state index in [1.807, 2.05) is 0 Å². The van der Waals surface area contributed by atoms with E-state index >= 15 is 0 Å². The molecule has 2 aliphatic carbocycles. The van der Waals surface area contributed by atoms with E-state index in [1.165, 1.54) is 19.3 Å². The lowest BCUT2D eigenvalue weighted by molar-refractivity contribution is -0.145. The van der Waals surface area contributed by atoms with Gasteiger partial charge in [0.05, 0.1) is 0 Å². The van der Waals surface area contributed by atoms with Crippen LogP contribution in [-0.4, -0.2) is 29.8 Å². The molecule has 4 nitrogen and oxygen atoms in total. The van der Waals surface area contributed by atoms with Gasteiger partial charge in [0.1, 0.15) is 5.54 Å². The Bertz CT molecular complexity index is 291. The summed E-state index contributed by atoms with van der Waals surface area (Å²) >= 11 is 0. The Morgan fingerprint density at radius 2 is 1.94 bits per heavy atom. The summed E-state index contributed by atoms with van der Waals surface area (Å²) in [5, 5.41) is 9.19. The van der Waals surface area contributed by atoms with Crippen molar-refractivity contribution in [2.75, 3.05) is 13.2 Å². The molecule has 0 aromatic heterocycles. The Kier molecular flexibility index (Phi) is 4.62. The molecule has 104 valence electrons. The molecule has 0 amide bonds. The highest BCUT2D eigenvalue weighted by Crippen LogP contribution is 2.36. The summed E-state index contributed by atoms with van der Waals surface area (Å²) in [5.74, 6) is 0.113. The summed E-state index contributed by atoms with van der Waals surface area (Å²) < 4.78 is 5.63. The molecule has 4 heteroatoms. The van der Waals surface area contributed by atoms with Crippen molar-refractivity contribution in [1.82, 2.24) is 0 Å². The number of carboxylic acid groups (broad SMARTS) is 1. The van der Waals surface area contributed by atoms with Crippen LogP contribution >= 0.6 is 0 Å². The zero-order valence-electron chi connectivity index (χ0n) is 11.1. The van der Waals surface area contributed by atoms with E-state index in [0.717, 1.165) is 38.2 Å². The minimum Gasteiger partial charge on any atom is -0.480 e. The third-order valence-electron chi connectivity index (χ3n) is 4.78. The molecule has 0 radical (unpaired) electrons. The third kappa shape index (κ3) is 3.04. The molecule has 2 rings (SSSR count). The second-order valence-electron chi connectivity index (χ2n) is 5.92. The maximum atomic E-state index is 11.2. The largest absolute Gasteiger partial charge is 0.480 e. The Morgan fingerprint density at radius 3 is 2.56 bits per heavy atom. The van der Waals surface area contributed by atoms with Gasteiger partial charge in [0, 0.05) is 13.2 Å². The molecule has 0 heterocycles. The monoisotopic (exact) mass is 255 g/mol. The summed E-state index contributed by atoms with van der Waals surface area (Å²) in [6.07, 6.45) is 8.50. The number of ether oxygens (including phenoxy) is 1. The van der Waals surface area contributed by atoms with Crippen LogP contribution in [0, 0.1) is 11.8 Å². The van der Waals surface area contributed by atoms with Gasteiger partial charge in [-0.15, -0.1) is 0 Å². The van der Waals surface area contributed by atoms with Crippen LogP contribution in [0.1, 0.15) is 51.4 Å². The predicted molar refractivity (Wildman–Crippen MR) is 69.3 cm³/mol. The van der Waals surface area contributed by atoms with Crippen molar-refractivity contribution in [3.8, 4) is 0 Å². The van der Waals surface area contributed by atoms with E-state index < -0.39 is 11.5 Å². The van der Waals surface area contributed by atoms with Crippen molar-refractivity contribution in [2.45, 2.75) is 56.9 Å². The van der Waals surface area contributed by atoms with Crippen LogP contribution in [0.2, 0.25) is 0 Å². The topological polar surface area (TPSA) is 72.6 Å². The lowest BCUT2D eigenvalue weighted by Gasteiger charge is -2.27. The molecule has 0 bridgehead atoms. The number of carbonyl (C=O) groups is 1. The van der Waals surface area contributed by atoms with Gasteiger partial charge in [-0.1, -0.05) is 25.7 Å². The van der Waals surface area contributed by atoms with E-state index in [9.17, 15) is 9.90 Å². The Balaban J connectivity index is 1.61.